The van der Waals surface area contributed by atoms with Crippen molar-refractivity contribution >= 4 is 35.5 Å². The van der Waals surface area contributed by atoms with Gasteiger partial charge >= 0.3 is 0 Å². The van der Waals surface area contributed by atoms with Crippen molar-refractivity contribution in [3.8, 4) is 11.5 Å². The van der Waals surface area contributed by atoms with Crippen LogP contribution in [0.4, 0.5) is 0 Å². The topological polar surface area (TPSA) is 50.7 Å². The van der Waals surface area contributed by atoms with E-state index in [0.717, 1.165) is 28.4 Å². The summed E-state index contributed by atoms with van der Waals surface area (Å²) in [5.41, 5.74) is 4.49. The van der Waals surface area contributed by atoms with E-state index in [0.29, 0.717) is 10.8 Å². The smallest absolute Gasteiger partial charge is 0.250 e. The molecule has 3 aromatic rings. The van der Waals surface area contributed by atoms with E-state index >= 15 is 0 Å². The monoisotopic (exact) mass is 410 g/mol. The predicted molar refractivity (Wildman–Crippen MR) is 116 cm³/mol. The number of carbonyl (C=O) groups excluding carboxylic acids is 1. The van der Waals surface area contributed by atoms with Crippen LogP contribution in [0.3, 0.4) is 0 Å². The van der Waals surface area contributed by atoms with Gasteiger partial charge in [0.1, 0.15) is 11.5 Å². The van der Waals surface area contributed by atoms with Crippen molar-refractivity contribution in [2.75, 3.05) is 5.75 Å². The molecule has 0 saturated carbocycles. The molecule has 0 unspecified atom stereocenters. The van der Waals surface area contributed by atoms with Crippen LogP contribution in [0, 0.1) is 0 Å². The van der Waals surface area contributed by atoms with Crippen LogP contribution in [0.25, 0.3) is 0 Å². The summed E-state index contributed by atoms with van der Waals surface area (Å²) in [4.78, 5) is 11.9. The molecular formula is C22H19ClN2O2S. The second-order valence-electron chi connectivity index (χ2n) is 5.90. The quantitative estimate of drug-likeness (QED) is 0.393. The third-order valence-electron chi connectivity index (χ3n) is 3.65. The number of thioether (sulfide) groups is 1. The van der Waals surface area contributed by atoms with Crippen LogP contribution in [0.5, 0.6) is 11.5 Å². The lowest BCUT2D eigenvalue weighted by atomic mass is 10.2. The second-order valence-corrected chi connectivity index (χ2v) is 7.32. The number of nitrogens with one attached hydrogen (secondary N) is 1. The van der Waals surface area contributed by atoms with E-state index in [1.54, 1.807) is 6.21 Å². The van der Waals surface area contributed by atoms with Gasteiger partial charge in [-0.2, -0.15) is 5.10 Å². The zero-order valence-corrected chi connectivity index (χ0v) is 16.6. The molecule has 0 spiro atoms. The molecule has 1 N–H and O–H groups in total. The summed E-state index contributed by atoms with van der Waals surface area (Å²) < 4.78 is 5.74. The lowest BCUT2D eigenvalue weighted by molar-refractivity contribution is -0.118. The number of benzene rings is 3. The van der Waals surface area contributed by atoms with Gasteiger partial charge in [-0.25, -0.2) is 5.43 Å². The highest BCUT2D eigenvalue weighted by molar-refractivity contribution is 7.99. The molecule has 0 bridgehead atoms. The van der Waals surface area contributed by atoms with Gasteiger partial charge in [0.2, 0.25) is 5.91 Å². The normalized spacial score (nSPS) is 10.8. The van der Waals surface area contributed by atoms with Gasteiger partial charge < -0.3 is 4.74 Å². The summed E-state index contributed by atoms with van der Waals surface area (Å²) in [7, 11) is 0. The number of hydrogen-bond acceptors (Lipinski definition) is 4. The Kier molecular flexibility index (Phi) is 7.53. The largest absolute Gasteiger partial charge is 0.457 e. The molecule has 0 saturated heterocycles. The summed E-state index contributed by atoms with van der Waals surface area (Å²) >= 11 is 7.46. The average molecular weight is 411 g/mol. The first kappa shape index (κ1) is 20.0. The number of ether oxygens (including phenoxy) is 1. The highest BCUT2D eigenvalue weighted by Crippen LogP contribution is 2.20. The molecule has 6 heteroatoms. The molecule has 28 heavy (non-hydrogen) atoms. The molecule has 1 amide bonds. The Morgan fingerprint density at radius 3 is 2.50 bits per heavy atom. The van der Waals surface area contributed by atoms with Gasteiger partial charge in [-0.1, -0.05) is 41.9 Å². The molecule has 0 aliphatic heterocycles. The van der Waals surface area contributed by atoms with Crippen LogP contribution in [0.1, 0.15) is 11.1 Å². The third-order valence-corrected chi connectivity index (χ3v) is 4.89. The van der Waals surface area contributed by atoms with Crippen molar-refractivity contribution in [2.45, 2.75) is 5.75 Å². The summed E-state index contributed by atoms with van der Waals surface area (Å²) in [6.45, 7) is 0. The fraction of sp³-hybridized carbons (Fsp3) is 0.0909. The Morgan fingerprint density at radius 1 is 1.00 bits per heavy atom. The maximum atomic E-state index is 11.9. The number of rotatable bonds is 8. The Hall–Kier alpha value is -2.76. The number of carbonyl (C=O) groups is 1. The molecule has 0 heterocycles. The van der Waals surface area contributed by atoms with Gasteiger partial charge in [-0.15, -0.1) is 11.8 Å². The first-order valence-corrected chi connectivity index (χ1v) is 10.2. The van der Waals surface area contributed by atoms with Crippen molar-refractivity contribution in [1.82, 2.24) is 5.43 Å². The summed E-state index contributed by atoms with van der Waals surface area (Å²) in [5, 5.41) is 4.70. The fourth-order valence-corrected chi connectivity index (χ4v) is 3.33. The van der Waals surface area contributed by atoms with Gasteiger partial charge in [0.25, 0.3) is 0 Å². The van der Waals surface area contributed by atoms with Crippen LogP contribution < -0.4 is 10.2 Å². The van der Waals surface area contributed by atoms with Gasteiger partial charge in [0, 0.05) is 10.8 Å². The first-order chi connectivity index (χ1) is 13.7. The van der Waals surface area contributed by atoms with Crippen molar-refractivity contribution in [3.05, 3.63) is 95.0 Å². The number of amides is 1. The number of hydrogen-bond donors (Lipinski definition) is 1. The van der Waals surface area contributed by atoms with Crippen LogP contribution >= 0.6 is 23.4 Å². The maximum Gasteiger partial charge on any atom is 0.250 e. The highest BCUT2D eigenvalue weighted by atomic mass is 35.5. The minimum absolute atomic E-state index is 0.146. The van der Waals surface area contributed by atoms with Crippen LogP contribution in [0.2, 0.25) is 5.02 Å². The zero-order valence-electron chi connectivity index (χ0n) is 15.0. The molecule has 0 atom stereocenters. The Morgan fingerprint density at radius 2 is 1.75 bits per heavy atom. The first-order valence-electron chi connectivity index (χ1n) is 8.66. The lowest BCUT2D eigenvalue weighted by Gasteiger charge is -2.05. The van der Waals surface area contributed by atoms with E-state index in [1.165, 1.54) is 11.8 Å². The summed E-state index contributed by atoms with van der Waals surface area (Å²) in [6.07, 6.45) is 1.60. The molecule has 0 fully saturated rings. The molecule has 0 aliphatic carbocycles. The molecule has 0 aliphatic rings. The Bertz CT molecular complexity index is 931. The Balaban J connectivity index is 1.40. The molecule has 142 valence electrons. The zero-order chi connectivity index (χ0) is 19.6. The number of para-hydroxylation sites is 1. The standard InChI is InChI=1S/C22H19ClN2O2S/c23-19-6-4-5-18(13-19)15-28-16-22(26)25-24-14-17-9-11-21(12-10-17)27-20-7-2-1-3-8-20/h1-14H,15-16H2,(H,25,26)/b24-14-. The lowest BCUT2D eigenvalue weighted by Crippen LogP contribution is -2.19. The molecule has 3 aromatic carbocycles. The van der Waals surface area contributed by atoms with E-state index in [9.17, 15) is 4.79 Å². The van der Waals surface area contributed by atoms with Crippen LogP contribution in [-0.2, 0) is 10.5 Å². The molecule has 0 aromatic heterocycles. The van der Waals surface area contributed by atoms with E-state index in [-0.39, 0.29) is 5.91 Å². The van der Waals surface area contributed by atoms with Crippen LogP contribution in [-0.4, -0.2) is 17.9 Å². The van der Waals surface area contributed by atoms with Crippen molar-refractivity contribution in [2.24, 2.45) is 5.10 Å². The average Bonchev–Trinajstić information content (AvgIpc) is 2.70. The minimum Gasteiger partial charge on any atom is -0.457 e. The summed E-state index contributed by atoms with van der Waals surface area (Å²) in [5.74, 6) is 2.43. The van der Waals surface area contributed by atoms with Crippen molar-refractivity contribution in [3.63, 3.8) is 0 Å². The van der Waals surface area contributed by atoms with Gasteiger partial charge in [-0.05, 0) is 59.7 Å². The van der Waals surface area contributed by atoms with E-state index in [1.807, 2.05) is 78.9 Å². The third kappa shape index (κ3) is 6.76. The minimum atomic E-state index is -0.146. The number of halogens is 1. The second kappa shape index (κ2) is 10.5. The predicted octanol–water partition coefficient (Wildman–Crippen LogP) is 5.52. The molecule has 3 rings (SSSR count). The van der Waals surface area contributed by atoms with E-state index < -0.39 is 0 Å². The number of hydrazone groups is 1. The molecule has 0 radical (unpaired) electrons. The highest BCUT2D eigenvalue weighted by Gasteiger charge is 2.01. The van der Waals surface area contributed by atoms with Crippen molar-refractivity contribution < 1.29 is 9.53 Å². The van der Waals surface area contributed by atoms with Crippen LogP contribution in [0.15, 0.2) is 84.0 Å². The summed E-state index contributed by atoms with van der Waals surface area (Å²) in [6, 6.07) is 24.7. The molecular weight excluding hydrogens is 392 g/mol. The van der Waals surface area contributed by atoms with Gasteiger partial charge in [0.05, 0.1) is 12.0 Å². The van der Waals surface area contributed by atoms with Gasteiger partial charge in [-0.3, -0.25) is 4.79 Å². The van der Waals surface area contributed by atoms with Gasteiger partial charge in [0.15, 0.2) is 0 Å². The molecule has 4 nitrogen and oxygen atoms in total. The van der Waals surface area contributed by atoms with Crippen molar-refractivity contribution in [1.29, 1.82) is 0 Å². The van der Waals surface area contributed by atoms with E-state index in [2.05, 4.69) is 10.5 Å². The SMILES string of the molecule is O=C(CSCc1cccc(Cl)c1)N/N=C\c1ccc(Oc2ccccc2)cc1. The van der Waals surface area contributed by atoms with E-state index in [4.69, 9.17) is 16.3 Å². The Labute approximate surface area is 173 Å². The maximum absolute atomic E-state index is 11.9. The fourth-order valence-electron chi connectivity index (χ4n) is 2.35. The number of nitrogens with zero attached hydrogens (tertiary/aromatic N) is 1.